The average molecular weight is 207 g/mol. The maximum atomic E-state index is 12.2. The molecule has 15 heavy (non-hydrogen) atoms. The van der Waals surface area contributed by atoms with Crippen molar-refractivity contribution in [3.8, 4) is 0 Å². The Morgan fingerprint density at radius 1 is 1.60 bits per heavy atom. The minimum Gasteiger partial charge on any atom is -0.356 e. The highest BCUT2D eigenvalue weighted by Gasteiger charge is 2.60. The van der Waals surface area contributed by atoms with E-state index >= 15 is 0 Å². The number of amides is 1. The van der Waals surface area contributed by atoms with E-state index in [1.54, 1.807) is 0 Å². The zero-order chi connectivity index (χ0) is 11.3. The van der Waals surface area contributed by atoms with Crippen molar-refractivity contribution in [1.29, 1.82) is 0 Å². The highest BCUT2D eigenvalue weighted by atomic mass is 16.2. The normalized spacial score (nSPS) is 37.0. The topological polar surface area (TPSA) is 29.1 Å². The van der Waals surface area contributed by atoms with Gasteiger partial charge in [0, 0.05) is 6.54 Å². The Balaban J connectivity index is 2.31. The predicted octanol–water partition coefficient (Wildman–Crippen LogP) is 2.51. The van der Waals surface area contributed by atoms with Gasteiger partial charge in [0.25, 0.3) is 0 Å². The molecule has 2 saturated carbocycles. The maximum Gasteiger partial charge on any atom is 0.230 e. The third kappa shape index (κ3) is 1.20. The van der Waals surface area contributed by atoms with Crippen LogP contribution in [-0.4, -0.2) is 12.5 Å². The van der Waals surface area contributed by atoms with Crippen molar-refractivity contribution in [2.24, 2.45) is 16.7 Å². The number of fused-ring (bicyclic) bond motifs is 2. The quantitative estimate of drug-likeness (QED) is 0.693. The van der Waals surface area contributed by atoms with E-state index in [9.17, 15) is 4.79 Å². The summed E-state index contributed by atoms with van der Waals surface area (Å²) in [5.41, 5.74) is 1.09. The maximum absolute atomic E-state index is 12.2. The van der Waals surface area contributed by atoms with Gasteiger partial charge in [0.15, 0.2) is 0 Å². The summed E-state index contributed by atoms with van der Waals surface area (Å²) in [4.78, 5) is 12.2. The van der Waals surface area contributed by atoms with Crippen LogP contribution in [0.4, 0.5) is 0 Å². The number of carbonyl (C=O) groups is 1. The van der Waals surface area contributed by atoms with E-state index in [1.807, 2.05) is 6.92 Å². The minimum absolute atomic E-state index is 0.156. The molecule has 0 aromatic carbocycles. The van der Waals surface area contributed by atoms with Crippen molar-refractivity contribution in [1.82, 2.24) is 5.32 Å². The van der Waals surface area contributed by atoms with Crippen molar-refractivity contribution >= 4 is 5.91 Å². The summed E-state index contributed by atoms with van der Waals surface area (Å²) in [5.74, 6) is 0.871. The summed E-state index contributed by atoms with van der Waals surface area (Å²) in [6.45, 7) is 11.4. The largest absolute Gasteiger partial charge is 0.356 e. The fourth-order valence-corrected chi connectivity index (χ4v) is 3.47. The number of rotatable bonds is 2. The molecule has 0 heterocycles. The molecule has 2 bridgehead atoms. The fraction of sp³-hybridized carbons (Fsp3) is 0.769. The molecule has 84 valence electrons. The molecule has 0 unspecified atom stereocenters. The van der Waals surface area contributed by atoms with Crippen LogP contribution in [0.1, 0.15) is 40.0 Å². The summed E-state index contributed by atoms with van der Waals surface area (Å²) < 4.78 is 0. The summed E-state index contributed by atoms with van der Waals surface area (Å²) in [7, 11) is 0. The van der Waals surface area contributed by atoms with Crippen LogP contribution in [-0.2, 0) is 4.79 Å². The van der Waals surface area contributed by atoms with Crippen molar-refractivity contribution in [2.75, 3.05) is 6.54 Å². The number of carbonyl (C=O) groups excluding carboxylic acids is 1. The Labute approximate surface area is 92.1 Å². The number of hydrogen-bond acceptors (Lipinski definition) is 1. The van der Waals surface area contributed by atoms with E-state index in [4.69, 9.17) is 0 Å². The van der Waals surface area contributed by atoms with Crippen LogP contribution in [0.25, 0.3) is 0 Å². The summed E-state index contributed by atoms with van der Waals surface area (Å²) >= 11 is 0. The van der Waals surface area contributed by atoms with Crippen LogP contribution in [0.3, 0.4) is 0 Å². The van der Waals surface area contributed by atoms with Gasteiger partial charge < -0.3 is 5.32 Å². The van der Waals surface area contributed by atoms with Gasteiger partial charge in [-0.2, -0.15) is 0 Å². The molecule has 2 heteroatoms. The van der Waals surface area contributed by atoms with Crippen LogP contribution < -0.4 is 5.32 Å². The Kier molecular flexibility index (Phi) is 2.21. The van der Waals surface area contributed by atoms with Gasteiger partial charge in [-0.3, -0.25) is 4.79 Å². The van der Waals surface area contributed by atoms with Crippen molar-refractivity contribution < 1.29 is 4.79 Å². The molecule has 2 aliphatic carbocycles. The fourth-order valence-electron chi connectivity index (χ4n) is 3.47. The van der Waals surface area contributed by atoms with E-state index in [1.165, 1.54) is 6.42 Å². The summed E-state index contributed by atoms with van der Waals surface area (Å²) in [6, 6.07) is 0. The van der Waals surface area contributed by atoms with Gasteiger partial charge in [-0.15, -0.1) is 0 Å². The van der Waals surface area contributed by atoms with Gasteiger partial charge in [-0.1, -0.05) is 26.0 Å². The molecule has 2 nitrogen and oxygen atoms in total. The first-order valence-electron chi connectivity index (χ1n) is 5.93. The third-order valence-electron chi connectivity index (χ3n) is 4.66. The Morgan fingerprint density at radius 2 is 2.27 bits per heavy atom. The van der Waals surface area contributed by atoms with Crippen LogP contribution >= 0.6 is 0 Å². The molecular formula is C13H21NO. The lowest BCUT2D eigenvalue weighted by atomic mass is 9.68. The number of nitrogens with one attached hydrogen (secondary N) is 1. The number of hydrogen-bond donors (Lipinski definition) is 1. The highest BCUT2D eigenvalue weighted by molar-refractivity contribution is 5.87. The predicted molar refractivity (Wildman–Crippen MR) is 61.4 cm³/mol. The third-order valence-corrected chi connectivity index (χ3v) is 4.66. The molecule has 1 amide bonds. The molecule has 0 saturated heterocycles. The van der Waals surface area contributed by atoms with Gasteiger partial charge in [0.1, 0.15) is 0 Å². The minimum atomic E-state index is -0.232. The van der Waals surface area contributed by atoms with Crippen molar-refractivity contribution in [3.63, 3.8) is 0 Å². The highest BCUT2D eigenvalue weighted by Crippen LogP contribution is 2.65. The molecule has 1 N–H and O–H groups in total. The van der Waals surface area contributed by atoms with Crippen molar-refractivity contribution in [2.45, 2.75) is 40.0 Å². The lowest BCUT2D eigenvalue weighted by Crippen LogP contribution is -2.41. The van der Waals surface area contributed by atoms with E-state index in [0.29, 0.717) is 5.92 Å². The molecule has 2 fully saturated rings. The second-order valence-corrected chi connectivity index (χ2v) is 5.58. The first kappa shape index (κ1) is 10.7. The lowest BCUT2D eigenvalue weighted by Gasteiger charge is -2.37. The SMILES string of the molecule is C=C1C(C)(C)[C@H]2CC[C@@]1(C(=O)NCC)C2. The van der Waals surface area contributed by atoms with Crippen LogP contribution in [0.5, 0.6) is 0 Å². The molecule has 2 rings (SSSR count). The smallest absolute Gasteiger partial charge is 0.230 e. The van der Waals surface area contributed by atoms with Gasteiger partial charge in [-0.05, 0) is 37.5 Å². The molecule has 0 spiro atoms. The molecule has 2 atom stereocenters. The van der Waals surface area contributed by atoms with E-state index in [2.05, 4.69) is 25.7 Å². The zero-order valence-corrected chi connectivity index (χ0v) is 10.0. The standard InChI is InChI=1S/C13H21NO/c1-5-14-11(15)13-7-6-10(8-13)12(3,4)9(13)2/h10H,2,5-8H2,1,3-4H3,(H,14,15)/t10-,13+/m0/s1. The molecule has 0 aromatic heterocycles. The van der Waals surface area contributed by atoms with E-state index in [0.717, 1.165) is 25.0 Å². The first-order chi connectivity index (χ1) is 6.95. The Hall–Kier alpha value is -0.790. The summed E-state index contributed by atoms with van der Waals surface area (Å²) in [5, 5.41) is 2.97. The zero-order valence-electron chi connectivity index (χ0n) is 10.0. The molecule has 0 aromatic rings. The first-order valence-corrected chi connectivity index (χ1v) is 5.93. The second-order valence-electron chi connectivity index (χ2n) is 5.58. The van der Waals surface area contributed by atoms with Crippen molar-refractivity contribution in [3.05, 3.63) is 12.2 Å². The second kappa shape index (κ2) is 3.10. The van der Waals surface area contributed by atoms with Gasteiger partial charge in [0.05, 0.1) is 5.41 Å². The van der Waals surface area contributed by atoms with Crippen LogP contribution in [0.15, 0.2) is 12.2 Å². The lowest BCUT2D eigenvalue weighted by molar-refractivity contribution is -0.128. The monoisotopic (exact) mass is 207 g/mol. The van der Waals surface area contributed by atoms with Gasteiger partial charge in [-0.25, -0.2) is 0 Å². The summed E-state index contributed by atoms with van der Waals surface area (Å²) in [6.07, 6.45) is 3.21. The molecule has 0 radical (unpaired) electrons. The molecular weight excluding hydrogens is 186 g/mol. The van der Waals surface area contributed by atoms with Gasteiger partial charge in [0.2, 0.25) is 5.91 Å². The van der Waals surface area contributed by atoms with E-state index in [-0.39, 0.29) is 16.7 Å². The Morgan fingerprint density at radius 3 is 2.73 bits per heavy atom. The van der Waals surface area contributed by atoms with Crippen LogP contribution in [0.2, 0.25) is 0 Å². The molecule has 2 aliphatic rings. The van der Waals surface area contributed by atoms with E-state index < -0.39 is 0 Å². The average Bonchev–Trinajstić information content (AvgIpc) is 2.68. The Bertz CT molecular complexity index is 318. The van der Waals surface area contributed by atoms with Crippen LogP contribution in [0, 0.1) is 16.7 Å². The molecule has 0 aliphatic heterocycles. The van der Waals surface area contributed by atoms with Gasteiger partial charge >= 0.3 is 0 Å².